The van der Waals surface area contributed by atoms with Crippen LogP contribution < -0.4 is 5.43 Å². The fraction of sp³-hybridized carbons (Fsp3) is 0.500. The molecule has 0 aliphatic heterocycles. The monoisotopic (exact) mass is 256 g/mol. The van der Waals surface area contributed by atoms with Gasteiger partial charge in [-0.3, -0.25) is 4.79 Å². The summed E-state index contributed by atoms with van der Waals surface area (Å²) in [5, 5.41) is 4.35. The molecule has 2 atom stereocenters. The number of amides is 1. The number of carbonyl (C=O) groups is 1. The van der Waals surface area contributed by atoms with E-state index in [-0.39, 0.29) is 5.91 Å². The third-order valence-electron chi connectivity index (χ3n) is 4.58. The average molecular weight is 256 g/mol. The highest BCUT2D eigenvalue weighted by molar-refractivity contribution is 5.96. The number of hydrogen-bond donors (Lipinski definition) is 1. The second-order valence-corrected chi connectivity index (χ2v) is 5.92. The lowest BCUT2D eigenvalue weighted by molar-refractivity contribution is 0.0954. The van der Waals surface area contributed by atoms with Crippen molar-refractivity contribution in [3.05, 3.63) is 34.9 Å². The molecular weight excluding hydrogens is 236 g/mol. The van der Waals surface area contributed by atoms with Crippen LogP contribution in [0.25, 0.3) is 0 Å². The van der Waals surface area contributed by atoms with Crippen LogP contribution in [0.4, 0.5) is 0 Å². The Balaban J connectivity index is 1.68. The van der Waals surface area contributed by atoms with Crippen molar-refractivity contribution >= 4 is 11.6 Å². The van der Waals surface area contributed by atoms with Crippen molar-refractivity contribution in [1.29, 1.82) is 0 Å². The first-order valence-electron chi connectivity index (χ1n) is 7.07. The summed E-state index contributed by atoms with van der Waals surface area (Å²) in [7, 11) is 0. The van der Waals surface area contributed by atoms with Crippen molar-refractivity contribution in [3.8, 4) is 0 Å². The maximum atomic E-state index is 12.1. The van der Waals surface area contributed by atoms with Crippen molar-refractivity contribution in [3.63, 3.8) is 0 Å². The van der Waals surface area contributed by atoms with Gasteiger partial charge in [-0.2, -0.15) is 5.10 Å². The highest BCUT2D eigenvalue weighted by atomic mass is 16.2. The number of benzene rings is 1. The molecule has 3 heteroatoms. The lowest BCUT2D eigenvalue weighted by Crippen LogP contribution is -2.22. The Morgan fingerprint density at radius 3 is 2.74 bits per heavy atom. The molecule has 3 nitrogen and oxygen atoms in total. The molecule has 3 rings (SSSR count). The second-order valence-electron chi connectivity index (χ2n) is 5.92. The molecule has 0 aromatic heterocycles. The Bertz CT molecular complexity index is 548. The van der Waals surface area contributed by atoms with Gasteiger partial charge in [0, 0.05) is 11.3 Å². The van der Waals surface area contributed by atoms with Crippen LogP contribution in [0.3, 0.4) is 0 Å². The summed E-state index contributed by atoms with van der Waals surface area (Å²) in [6.45, 7) is 4.07. The minimum Gasteiger partial charge on any atom is -0.267 e. The van der Waals surface area contributed by atoms with Gasteiger partial charge in [-0.15, -0.1) is 0 Å². The van der Waals surface area contributed by atoms with Gasteiger partial charge in [-0.05, 0) is 74.6 Å². The zero-order valence-corrected chi connectivity index (χ0v) is 11.6. The molecule has 2 fully saturated rings. The predicted octanol–water partition coefficient (Wildman–Crippen LogP) is 3.21. The van der Waals surface area contributed by atoms with Gasteiger partial charge in [0.15, 0.2) is 0 Å². The Labute approximate surface area is 114 Å². The molecule has 0 saturated heterocycles. The first-order valence-corrected chi connectivity index (χ1v) is 7.07. The van der Waals surface area contributed by atoms with Crippen LogP contribution in [-0.4, -0.2) is 11.6 Å². The standard InChI is InChI=1S/C16H20N2O/c1-10-3-5-14(7-11(10)2)16(19)18-17-15-9-12-4-6-13(15)8-12/h3,5,7,12-13H,4,6,8-9H2,1-2H3,(H,18,19)/b17-15+/t12-,13+/m1/s1. The predicted molar refractivity (Wildman–Crippen MR) is 76.3 cm³/mol. The molecule has 1 amide bonds. The molecule has 2 aliphatic rings. The van der Waals surface area contributed by atoms with E-state index in [0.717, 1.165) is 17.9 Å². The van der Waals surface area contributed by atoms with E-state index in [1.54, 1.807) is 0 Å². The number of nitrogens with one attached hydrogen (secondary N) is 1. The van der Waals surface area contributed by atoms with E-state index < -0.39 is 0 Å². The molecule has 100 valence electrons. The first-order chi connectivity index (χ1) is 9.13. The Hall–Kier alpha value is -1.64. The lowest BCUT2D eigenvalue weighted by atomic mass is 9.99. The quantitative estimate of drug-likeness (QED) is 0.811. The van der Waals surface area contributed by atoms with Crippen LogP contribution in [0.1, 0.15) is 47.2 Å². The summed E-state index contributed by atoms with van der Waals surface area (Å²) in [5.41, 5.74) is 6.96. The van der Waals surface area contributed by atoms with Crippen LogP contribution in [-0.2, 0) is 0 Å². The molecule has 0 spiro atoms. The topological polar surface area (TPSA) is 41.5 Å². The van der Waals surface area contributed by atoms with Crippen LogP contribution >= 0.6 is 0 Å². The molecule has 1 aromatic rings. The second kappa shape index (κ2) is 4.80. The van der Waals surface area contributed by atoms with Crippen molar-refractivity contribution in [2.45, 2.75) is 39.5 Å². The molecule has 0 heterocycles. The Morgan fingerprint density at radius 1 is 1.26 bits per heavy atom. The third-order valence-corrected chi connectivity index (χ3v) is 4.58. The fourth-order valence-corrected chi connectivity index (χ4v) is 3.23. The molecule has 2 saturated carbocycles. The Kier molecular flexibility index (Phi) is 3.13. The number of rotatable bonds is 2. The summed E-state index contributed by atoms with van der Waals surface area (Å²) in [6, 6.07) is 5.76. The minimum atomic E-state index is -0.0987. The largest absolute Gasteiger partial charge is 0.271 e. The van der Waals surface area contributed by atoms with E-state index in [1.165, 1.54) is 30.5 Å². The fourth-order valence-electron chi connectivity index (χ4n) is 3.23. The van der Waals surface area contributed by atoms with E-state index in [9.17, 15) is 4.79 Å². The van der Waals surface area contributed by atoms with Crippen molar-refractivity contribution in [2.24, 2.45) is 16.9 Å². The van der Waals surface area contributed by atoms with Crippen molar-refractivity contribution in [2.75, 3.05) is 0 Å². The molecule has 19 heavy (non-hydrogen) atoms. The van der Waals surface area contributed by atoms with Gasteiger partial charge >= 0.3 is 0 Å². The number of hydrazone groups is 1. The molecule has 2 bridgehead atoms. The number of nitrogens with zero attached hydrogens (tertiary/aromatic N) is 1. The lowest BCUT2D eigenvalue weighted by Gasteiger charge is -2.11. The number of aryl methyl sites for hydroxylation is 2. The van der Waals surface area contributed by atoms with Crippen molar-refractivity contribution in [1.82, 2.24) is 5.43 Å². The molecule has 0 radical (unpaired) electrons. The van der Waals surface area contributed by atoms with Gasteiger partial charge in [0.05, 0.1) is 0 Å². The van der Waals surface area contributed by atoms with Gasteiger partial charge in [-0.25, -0.2) is 5.43 Å². The molecule has 0 unspecified atom stereocenters. The van der Waals surface area contributed by atoms with Crippen LogP contribution in [0.15, 0.2) is 23.3 Å². The average Bonchev–Trinajstić information content (AvgIpc) is 3.01. The summed E-state index contributed by atoms with van der Waals surface area (Å²) in [4.78, 5) is 12.1. The summed E-state index contributed by atoms with van der Waals surface area (Å²) in [6.07, 6.45) is 4.95. The number of carbonyl (C=O) groups excluding carboxylic acids is 1. The zero-order chi connectivity index (χ0) is 13.4. The molecule has 2 aliphatic carbocycles. The van der Waals surface area contributed by atoms with E-state index in [0.29, 0.717) is 11.5 Å². The zero-order valence-electron chi connectivity index (χ0n) is 11.6. The Morgan fingerprint density at radius 2 is 2.11 bits per heavy atom. The normalized spacial score (nSPS) is 26.9. The van der Waals surface area contributed by atoms with Gasteiger partial charge in [0.1, 0.15) is 0 Å². The first kappa shape index (κ1) is 12.4. The smallest absolute Gasteiger partial charge is 0.267 e. The molecule has 1 aromatic carbocycles. The number of fused-ring (bicyclic) bond motifs is 2. The van der Waals surface area contributed by atoms with E-state index in [4.69, 9.17) is 0 Å². The van der Waals surface area contributed by atoms with E-state index in [1.807, 2.05) is 32.0 Å². The van der Waals surface area contributed by atoms with Crippen LogP contribution in [0.5, 0.6) is 0 Å². The SMILES string of the molecule is Cc1ccc(C(=O)N/N=C2\C[C@@H]3CC[C@H]2C3)cc1C. The van der Waals surface area contributed by atoms with E-state index in [2.05, 4.69) is 10.5 Å². The maximum absolute atomic E-state index is 12.1. The highest BCUT2D eigenvalue weighted by Crippen LogP contribution is 2.42. The van der Waals surface area contributed by atoms with Crippen LogP contribution in [0.2, 0.25) is 0 Å². The van der Waals surface area contributed by atoms with Gasteiger partial charge < -0.3 is 0 Å². The van der Waals surface area contributed by atoms with Gasteiger partial charge in [0.2, 0.25) is 0 Å². The van der Waals surface area contributed by atoms with Gasteiger partial charge in [0.25, 0.3) is 5.91 Å². The van der Waals surface area contributed by atoms with Gasteiger partial charge in [-0.1, -0.05) is 6.07 Å². The minimum absolute atomic E-state index is 0.0987. The summed E-state index contributed by atoms with van der Waals surface area (Å²) in [5.74, 6) is 1.35. The van der Waals surface area contributed by atoms with Crippen molar-refractivity contribution < 1.29 is 4.79 Å². The van der Waals surface area contributed by atoms with E-state index >= 15 is 0 Å². The van der Waals surface area contributed by atoms with Crippen LogP contribution in [0, 0.1) is 25.7 Å². The highest BCUT2D eigenvalue weighted by Gasteiger charge is 2.36. The number of hydrogen-bond acceptors (Lipinski definition) is 2. The summed E-state index contributed by atoms with van der Waals surface area (Å²) < 4.78 is 0. The molecule has 1 N–H and O–H groups in total. The third kappa shape index (κ3) is 2.42. The molecular formula is C16H20N2O. The summed E-state index contributed by atoms with van der Waals surface area (Å²) >= 11 is 0. The maximum Gasteiger partial charge on any atom is 0.271 e.